The largest absolute Gasteiger partial charge is 0.445 e. The van der Waals surface area contributed by atoms with Crippen LogP contribution >= 0.6 is 0 Å². The van der Waals surface area contributed by atoms with Crippen LogP contribution in [0.1, 0.15) is 46.5 Å². The third-order valence-electron chi connectivity index (χ3n) is 6.99. The lowest BCUT2D eigenvalue weighted by atomic mass is 9.94. The molecule has 0 radical (unpaired) electrons. The predicted octanol–water partition coefficient (Wildman–Crippen LogP) is 7.51. The van der Waals surface area contributed by atoms with Crippen molar-refractivity contribution in [2.45, 2.75) is 39.1 Å². The van der Waals surface area contributed by atoms with Crippen LogP contribution in [0.4, 0.5) is 14.9 Å². The Hall–Kier alpha value is -4.45. The van der Waals surface area contributed by atoms with Crippen molar-refractivity contribution >= 4 is 17.7 Å². The van der Waals surface area contributed by atoms with E-state index in [1.54, 1.807) is 23.1 Å². The maximum absolute atomic E-state index is 14.3. The van der Waals surface area contributed by atoms with Gasteiger partial charge in [-0.2, -0.15) is 0 Å². The minimum absolute atomic E-state index is 0.220. The third-order valence-corrected chi connectivity index (χ3v) is 6.99. The van der Waals surface area contributed by atoms with Crippen molar-refractivity contribution in [3.05, 3.63) is 125 Å². The molecule has 6 heteroatoms. The molecule has 0 fully saturated rings. The fourth-order valence-electron chi connectivity index (χ4n) is 4.77. The van der Waals surface area contributed by atoms with E-state index in [1.807, 2.05) is 78.9 Å². The van der Waals surface area contributed by atoms with Gasteiger partial charge in [-0.1, -0.05) is 78.9 Å². The number of anilines is 1. The summed E-state index contributed by atoms with van der Waals surface area (Å²) in [6.07, 6.45) is 0.342. The van der Waals surface area contributed by atoms with Gasteiger partial charge in [0.15, 0.2) is 0 Å². The molecule has 4 aromatic carbocycles. The number of benzene rings is 4. The Morgan fingerprint density at radius 3 is 2.36 bits per heavy atom. The summed E-state index contributed by atoms with van der Waals surface area (Å²) >= 11 is 0. The molecule has 1 heterocycles. The first kappa shape index (κ1) is 26.2. The highest BCUT2D eigenvalue weighted by Gasteiger charge is 2.23. The summed E-state index contributed by atoms with van der Waals surface area (Å²) in [4.78, 5) is 27.6. The summed E-state index contributed by atoms with van der Waals surface area (Å²) in [6, 6.07) is 30.0. The predicted molar refractivity (Wildman–Crippen MR) is 151 cm³/mol. The number of alkyl halides is 1. The second kappa shape index (κ2) is 11.1. The van der Waals surface area contributed by atoms with Crippen molar-refractivity contribution in [2.24, 2.45) is 0 Å². The molecule has 5 rings (SSSR count). The molecular formula is C33H31FN2O3. The van der Waals surface area contributed by atoms with E-state index in [4.69, 9.17) is 4.74 Å². The molecule has 4 aromatic rings. The molecule has 1 N–H and O–H groups in total. The maximum atomic E-state index is 14.3. The Morgan fingerprint density at radius 2 is 1.62 bits per heavy atom. The number of nitrogens with one attached hydrogen (secondary N) is 1. The highest BCUT2D eigenvalue weighted by Crippen LogP contribution is 2.30. The second-order valence-corrected chi connectivity index (χ2v) is 10.2. The first-order valence-electron chi connectivity index (χ1n) is 13.1. The number of carbonyl (C=O) groups excluding carboxylic acids is 2. The van der Waals surface area contributed by atoms with Crippen LogP contribution in [0.2, 0.25) is 0 Å². The van der Waals surface area contributed by atoms with Gasteiger partial charge in [0.1, 0.15) is 12.3 Å². The molecule has 0 bridgehead atoms. The van der Waals surface area contributed by atoms with Crippen molar-refractivity contribution < 1.29 is 18.7 Å². The Kier molecular flexibility index (Phi) is 7.46. The number of rotatable bonds is 6. The molecule has 0 unspecified atom stereocenters. The quantitative estimate of drug-likeness (QED) is 0.285. The summed E-state index contributed by atoms with van der Waals surface area (Å²) in [6.45, 7) is 4.31. The van der Waals surface area contributed by atoms with E-state index in [9.17, 15) is 14.0 Å². The van der Waals surface area contributed by atoms with Crippen LogP contribution in [-0.2, 0) is 30.0 Å². The molecule has 1 aliphatic rings. The summed E-state index contributed by atoms with van der Waals surface area (Å²) in [5.74, 6) is -0.220. The number of hydrogen-bond donors (Lipinski definition) is 1. The molecular weight excluding hydrogens is 491 g/mol. The maximum Gasteiger partial charge on any atom is 0.410 e. The molecule has 1 aliphatic heterocycles. The second-order valence-electron chi connectivity index (χ2n) is 10.2. The number of carbonyl (C=O) groups is 2. The lowest BCUT2D eigenvalue weighted by Gasteiger charge is -2.28. The monoisotopic (exact) mass is 522 g/mol. The van der Waals surface area contributed by atoms with Crippen LogP contribution < -0.4 is 5.32 Å². The van der Waals surface area contributed by atoms with Crippen LogP contribution in [0, 0.1) is 0 Å². The average molecular weight is 523 g/mol. The van der Waals surface area contributed by atoms with Gasteiger partial charge >= 0.3 is 6.09 Å². The van der Waals surface area contributed by atoms with Gasteiger partial charge < -0.3 is 15.0 Å². The minimum atomic E-state index is -1.43. The van der Waals surface area contributed by atoms with E-state index in [1.165, 1.54) is 13.8 Å². The SMILES string of the molecule is CC(C)(F)c1ccc(-c2ccccc2C(=O)Nc2ccc3c(c2)CCN(C(=O)OCc2ccccc2)C3)cc1. The fraction of sp³-hybridized carbons (Fsp3) is 0.212. The highest BCUT2D eigenvalue weighted by atomic mass is 19.1. The van der Waals surface area contributed by atoms with Crippen LogP contribution in [0.5, 0.6) is 0 Å². The molecule has 2 amide bonds. The van der Waals surface area contributed by atoms with Gasteiger partial charge in [0.05, 0.1) is 0 Å². The Morgan fingerprint density at radius 1 is 0.897 bits per heavy atom. The van der Waals surface area contributed by atoms with Crippen molar-refractivity contribution in [3.8, 4) is 11.1 Å². The van der Waals surface area contributed by atoms with Gasteiger partial charge in [0, 0.05) is 24.3 Å². The Bertz CT molecular complexity index is 1480. The van der Waals surface area contributed by atoms with Crippen molar-refractivity contribution in [2.75, 3.05) is 11.9 Å². The van der Waals surface area contributed by atoms with Crippen LogP contribution in [0.3, 0.4) is 0 Å². The summed E-state index contributed by atoms with van der Waals surface area (Å²) < 4.78 is 19.8. The van der Waals surface area contributed by atoms with E-state index < -0.39 is 5.67 Å². The number of hydrogen-bond acceptors (Lipinski definition) is 3. The molecule has 0 saturated heterocycles. The zero-order valence-corrected chi connectivity index (χ0v) is 22.1. The van der Waals surface area contributed by atoms with E-state index >= 15 is 0 Å². The van der Waals surface area contributed by atoms with Crippen molar-refractivity contribution in [1.82, 2.24) is 4.90 Å². The minimum Gasteiger partial charge on any atom is -0.445 e. The third kappa shape index (κ3) is 6.17. The first-order valence-corrected chi connectivity index (χ1v) is 13.1. The van der Waals surface area contributed by atoms with Gasteiger partial charge in [-0.05, 0) is 71.8 Å². The van der Waals surface area contributed by atoms with Gasteiger partial charge in [-0.25, -0.2) is 9.18 Å². The van der Waals surface area contributed by atoms with Crippen LogP contribution in [0.15, 0.2) is 97.1 Å². The van der Waals surface area contributed by atoms with E-state index in [0.717, 1.165) is 27.8 Å². The number of fused-ring (bicyclic) bond motifs is 1. The molecule has 0 atom stereocenters. The molecule has 0 aromatic heterocycles. The lowest BCUT2D eigenvalue weighted by Crippen LogP contribution is -2.36. The summed E-state index contributed by atoms with van der Waals surface area (Å²) in [7, 11) is 0. The molecule has 39 heavy (non-hydrogen) atoms. The summed E-state index contributed by atoms with van der Waals surface area (Å²) in [5.41, 5.74) is 5.10. The Balaban J connectivity index is 1.25. The number of nitrogens with zero attached hydrogens (tertiary/aromatic N) is 1. The number of halogens is 1. The van der Waals surface area contributed by atoms with Gasteiger partial charge in [-0.15, -0.1) is 0 Å². The van der Waals surface area contributed by atoms with Crippen LogP contribution in [0.25, 0.3) is 11.1 Å². The van der Waals surface area contributed by atoms with E-state index in [0.29, 0.717) is 36.3 Å². The van der Waals surface area contributed by atoms with Gasteiger partial charge in [0.2, 0.25) is 0 Å². The van der Waals surface area contributed by atoms with Gasteiger partial charge in [-0.3, -0.25) is 4.79 Å². The summed E-state index contributed by atoms with van der Waals surface area (Å²) in [5, 5.41) is 3.02. The van der Waals surface area contributed by atoms with Crippen molar-refractivity contribution in [3.63, 3.8) is 0 Å². The molecule has 0 aliphatic carbocycles. The Labute approximate surface area is 228 Å². The zero-order valence-electron chi connectivity index (χ0n) is 22.1. The number of amides is 2. The van der Waals surface area contributed by atoms with Gasteiger partial charge in [0.25, 0.3) is 5.91 Å². The normalized spacial score (nSPS) is 12.9. The zero-order chi connectivity index (χ0) is 27.4. The number of ether oxygens (including phenoxy) is 1. The average Bonchev–Trinajstić information content (AvgIpc) is 2.95. The smallest absolute Gasteiger partial charge is 0.410 e. The van der Waals surface area contributed by atoms with E-state index in [2.05, 4.69) is 5.32 Å². The fourth-order valence-corrected chi connectivity index (χ4v) is 4.77. The first-order chi connectivity index (χ1) is 18.8. The van der Waals surface area contributed by atoms with E-state index in [-0.39, 0.29) is 18.6 Å². The molecule has 0 spiro atoms. The molecule has 198 valence electrons. The van der Waals surface area contributed by atoms with Crippen LogP contribution in [-0.4, -0.2) is 23.4 Å². The topological polar surface area (TPSA) is 58.6 Å². The lowest BCUT2D eigenvalue weighted by molar-refractivity contribution is 0.0918. The molecule has 0 saturated carbocycles. The molecule has 5 nitrogen and oxygen atoms in total. The van der Waals surface area contributed by atoms with Crippen molar-refractivity contribution in [1.29, 1.82) is 0 Å². The standard InChI is InChI=1S/C33H31FN2O3/c1-33(2,34)27-15-12-24(13-16-27)29-10-6-7-11-30(29)31(37)35-28-17-14-26-21-36(19-18-25(26)20-28)32(38)39-22-23-8-4-3-5-9-23/h3-17,20H,18-19,21-22H2,1-2H3,(H,35,37). The highest BCUT2D eigenvalue weighted by molar-refractivity contribution is 6.08.